The topological polar surface area (TPSA) is 36.9 Å². The maximum atomic E-state index is 6.63. The van der Waals surface area contributed by atoms with Crippen LogP contribution in [0.25, 0.3) is 66.6 Å². The molecule has 0 saturated heterocycles. The van der Waals surface area contributed by atoms with Crippen LogP contribution in [0.4, 0.5) is 0 Å². The second-order valence-corrected chi connectivity index (χ2v) is 14.0. The molecule has 0 atom stereocenters. The van der Waals surface area contributed by atoms with Gasteiger partial charge in [0.15, 0.2) is 17.4 Å². The Morgan fingerprint density at radius 3 is 2.00 bits per heavy atom. The third kappa shape index (κ3) is 5.44. The Bertz CT molecular complexity index is 2710. The van der Waals surface area contributed by atoms with E-state index < -0.39 is 0 Å². The van der Waals surface area contributed by atoms with E-state index in [9.17, 15) is 0 Å². The van der Waals surface area contributed by atoms with E-state index in [0.717, 1.165) is 50.5 Å². The molecule has 5 heteroatoms. The van der Waals surface area contributed by atoms with Crippen LogP contribution in [0.1, 0.15) is 20.8 Å². The largest absolute Gasteiger partial charge is 0.456 e. The number of para-hydroxylation sites is 3. The number of fused-ring (bicyclic) bond motifs is 4. The van der Waals surface area contributed by atoms with Crippen molar-refractivity contribution in [1.82, 2.24) is 18.7 Å². The van der Waals surface area contributed by atoms with Gasteiger partial charge in [0.1, 0.15) is 23.0 Å². The van der Waals surface area contributed by atoms with Gasteiger partial charge in [0.2, 0.25) is 0 Å². The van der Waals surface area contributed by atoms with Crippen molar-refractivity contribution >= 4 is 32.8 Å². The molecule has 0 spiro atoms. The Balaban J connectivity index is 1.13. The first-order valence-corrected chi connectivity index (χ1v) is 17.4. The molecule has 6 aromatic carbocycles. The minimum Gasteiger partial charge on any atom is -0.456 e. The summed E-state index contributed by atoms with van der Waals surface area (Å²) in [6.45, 7) is 6.69. The molecule has 3 aromatic heterocycles. The van der Waals surface area contributed by atoms with Crippen molar-refractivity contribution in [3.05, 3.63) is 170 Å². The molecule has 0 aliphatic rings. The van der Waals surface area contributed by atoms with E-state index in [4.69, 9.17) is 9.72 Å². The van der Waals surface area contributed by atoms with Crippen molar-refractivity contribution < 1.29 is 4.74 Å². The van der Waals surface area contributed by atoms with E-state index in [-0.39, 0.29) is 5.54 Å². The number of hydrogen-bond acceptors (Lipinski definition) is 2. The third-order valence-corrected chi connectivity index (χ3v) is 9.63. The van der Waals surface area contributed by atoms with Crippen molar-refractivity contribution in [2.24, 2.45) is 0 Å². The monoisotopic (exact) mass is 661 g/mol. The molecule has 0 radical (unpaired) electrons. The predicted octanol–water partition coefficient (Wildman–Crippen LogP) is 12.1. The number of nitrogens with zero attached hydrogens (tertiary/aromatic N) is 4. The molecule has 51 heavy (non-hydrogen) atoms. The predicted molar refractivity (Wildman–Crippen MR) is 210 cm³/mol. The van der Waals surface area contributed by atoms with Gasteiger partial charge in [-0.3, -0.25) is 4.57 Å². The molecule has 0 N–H and O–H groups in total. The zero-order valence-electron chi connectivity index (χ0n) is 28.9. The summed E-state index contributed by atoms with van der Waals surface area (Å²) in [7, 11) is 0. The quantitative estimate of drug-likeness (QED) is 0.166. The number of imidazole rings is 1. The lowest BCUT2D eigenvalue weighted by molar-refractivity contribution is 0.406. The highest BCUT2D eigenvalue weighted by atomic mass is 16.5. The van der Waals surface area contributed by atoms with Gasteiger partial charge in [0.25, 0.3) is 0 Å². The van der Waals surface area contributed by atoms with Crippen molar-refractivity contribution in [3.8, 4) is 45.3 Å². The van der Waals surface area contributed by atoms with Crippen LogP contribution in [-0.2, 0) is 5.54 Å². The summed E-state index contributed by atoms with van der Waals surface area (Å²) >= 11 is 0. The van der Waals surface area contributed by atoms with Crippen LogP contribution in [0.2, 0.25) is 0 Å². The Hall–Kier alpha value is -6.46. The summed E-state index contributed by atoms with van der Waals surface area (Å²) in [5, 5.41) is 2.32. The minimum absolute atomic E-state index is 0.0630. The lowest BCUT2D eigenvalue weighted by atomic mass is 9.95. The first-order chi connectivity index (χ1) is 24.9. The number of ether oxygens (including phenoxy) is 1. The zero-order valence-corrected chi connectivity index (χ0v) is 28.9. The van der Waals surface area contributed by atoms with Crippen molar-refractivity contribution in [1.29, 1.82) is 0 Å². The van der Waals surface area contributed by atoms with Gasteiger partial charge >= 0.3 is 0 Å². The smallest absolute Gasteiger partial charge is 0.191 e. The summed E-state index contributed by atoms with van der Waals surface area (Å²) in [4.78, 5) is 4.93. The molecule has 9 aromatic rings. The van der Waals surface area contributed by atoms with E-state index in [1.165, 1.54) is 27.6 Å². The molecule has 0 fully saturated rings. The third-order valence-electron chi connectivity index (χ3n) is 9.63. The van der Waals surface area contributed by atoms with Crippen LogP contribution in [0.15, 0.2) is 170 Å². The molecular formula is C46H37N4O+. The molecule has 3 heterocycles. The highest BCUT2D eigenvalue weighted by molar-refractivity contribution is 6.09. The van der Waals surface area contributed by atoms with E-state index in [1.807, 2.05) is 12.3 Å². The SMILES string of the molecule is CC(C)(C)n1[cH+]n(-c2cccc(Oc3ccc4c5ccccc5n(-c5cc(-c6ccccc6-c6ccccc6)ccn5)c4c3)c2)c2ccccc21. The van der Waals surface area contributed by atoms with E-state index in [0.29, 0.717) is 0 Å². The summed E-state index contributed by atoms with van der Waals surface area (Å²) in [5.41, 5.74) is 10.1. The summed E-state index contributed by atoms with van der Waals surface area (Å²) < 4.78 is 13.4. The molecule has 0 saturated carbocycles. The second kappa shape index (κ2) is 12.1. The molecule has 0 aliphatic carbocycles. The lowest BCUT2D eigenvalue weighted by Crippen LogP contribution is -2.20. The Morgan fingerprint density at radius 1 is 0.529 bits per heavy atom. The van der Waals surface area contributed by atoms with Gasteiger partial charge in [0.05, 0.1) is 16.6 Å². The number of pyridine rings is 1. The van der Waals surface area contributed by atoms with Gasteiger partial charge in [-0.05, 0) is 97.6 Å². The van der Waals surface area contributed by atoms with Gasteiger partial charge in [-0.2, -0.15) is 4.57 Å². The molecule has 0 amide bonds. The van der Waals surface area contributed by atoms with Crippen LogP contribution in [0.3, 0.4) is 0 Å². The molecule has 5 nitrogen and oxygen atoms in total. The fourth-order valence-electron chi connectivity index (χ4n) is 7.26. The zero-order chi connectivity index (χ0) is 34.5. The van der Waals surface area contributed by atoms with Gasteiger partial charge in [-0.1, -0.05) is 72.8 Å². The molecule has 246 valence electrons. The number of aromatic nitrogens is 4. The van der Waals surface area contributed by atoms with Crippen LogP contribution >= 0.6 is 0 Å². The minimum atomic E-state index is -0.0630. The highest BCUT2D eigenvalue weighted by Crippen LogP contribution is 2.38. The lowest BCUT2D eigenvalue weighted by Gasteiger charge is -2.17. The number of hydrogen-bond donors (Lipinski definition) is 0. The summed E-state index contributed by atoms with van der Waals surface area (Å²) in [5.74, 6) is 2.39. The molecule has 0 bridgehead atoms. The maximum Gasteiger partial charge on any atom is 0.191 e. The summed E-state index contributed by atoms with van der Waals surface area (Å²) in [6, 6.07) is 55.1. The van der Waals surface area contributed by atoms with E-state index in [2.05, 4.69) is 192 Å². The van der Waals surface area contributed by atoms with Gasteiger partial charge in [0, 0.05) is 47.3 Å². The van der Waals surface area contributed by atoms with Gasteiger partial charge < -0.3 is 4.74 Å². The summed E-state index contributed by atoms with van der Waals surface area (Å²) in [6.07, 6.45) is 4.10. The van der Waals surface area contributed by atoms with Crippen molar-refractivity contribution in [2.45, 2.75) is 26.3 Å². The molecular weight excluding hydrogens is 625 g/mol. The average molecular weight is 662 g/mol. The fourth-order valence-corrected chi connectivity index (χ4v) is 7.26. The first-order valence-electron chi connectivity index (χ1n) is 17.4. The highest BCUT2D eigenvalue weighted by Gasteiger charge is 2.25. The standard InChI is InChI=1S/C46H37N4O/c1-46(2,3)49-31-48(42-22-11-12-23-43(42)49)34-16-13-17-35(29-34)51-36-24-25-40-39-20-9-10-21-41(39)50(44(40)30-36)45-28-33(26-27-47-45)38-19-8-7-18-37(38)32-14-5-4-6-15-32/h4-31H,1-3H3/q+1. The van der Waals surface area contributed by atoms with Crippen LogP contribution < -0.4 is 4.74 Å². The average Bonchev–Trinajstić information content (AvgIpc) is 3.72. The van der Waals surface area contributed by atoms with E-state index >= 15 is 0 Å². The molecule has 9 rings (SSSR count). The van der Waals surface area contributed by atoms with Crippen LogP contribution in [0.5, 0.6) is 11.5 Å². The van der Waals surface area contributed by atoms with Gasteiger partial charge in [-0.25, -0.2) is 9.55 Å². The van der Waals surface area contributed by atoms with Crippen LogP contribution in [0, 0.1) is 0 Å². The second-order valence-electron chi connectivity index (χ2n) is 14.0. The van der Waals surface area contributed by atoms with E-state index in [1.54, 1.807) is 0 Å². The molecule has 0 unspecified atom stereocenters. The maximum absolute atomic E-state index is 6.63. The van der Waals surface area contributed by atoms with Crippen molar-refractivity contribution in [2.75, 3.05) is 0 Å². The number of rotatable bonds is 6. The van der Waals surface area contributed by atoms with Gasteiger partial charge in [-0.15, -0.1) is 0 Å². The number of benzene rings is 6. The van der Waals surface area contributed by atoms with Crippen LogP contribution in [-0.4, -0.2) is 18.7 Å². The normalized spacial score (nSPS) is 11.8. The molecule has 0 aliphatic heterocycles. The first kappa shape index (κ1) is 30.6. The Kier molecular flexibility index (Phi) is 7.29. The fraction of sp³-hybridized carbons (Fsp3) is 0.0870. The Labute approximate surface area is 297 Å². The van der Waals surface area contributed by atoms with Crippen molar-refractivity contribution in [3.63, 3.8) is 0 Å². The Morgan fingerprint density at radius 2 is 1.20 bits per heavy atom.